The Morgan fingerprint density at radius 3 is 2.19 bits per heavy atom. The lowest BCUT2D eigenvalue weighted by molar-refractivity contribution is -0.121. The zero-order valence-electron chi connectivity index (χ0n) is 15.7. The molecule has 27 heavy (non-hydrogen) atoms. The van der Waals surface area contributed by atoms with Gasteiger partial charge in [-0.15, -0.1) is 0 Å². The molecule has 1 amide bonds. The Hall–Kier alpha value is -2.91. The molecule has 0 spiro atoms. The van der Waals surface area contributed by atoms with Gasteiger partial charge >= 0.3 is 0 Å². The Balaban J connectivity index is 1.78. The maximum atomic E-state index is 13.5. The number of carbonyl (C=O) groups is 1. The van der Waals surface area contributed by atoms with Gasteiger partial charge in [-0.1, -0.05) is 86.6 Å². The fourth-order valence-corrected chi connectivity index (χ4v) is 3.81. The van der Waals surface area contributed by atoms with E-state index in [2.05, 4.69) is 26.0 Å². The minimum absolute atomic E-state index is 0.0788. The number of nitrogens with zero attached hydrogens (tertiary/aromatic N) is 1. The Labute approximate surface area is 160 Å². The molecule has 1 aliphatic heterocycles. The fourth-order valence-electron chi connectivity index (χ4n) is 3.81. The minimum Gasteiger partial charge on any atom is -0.310 e. The van der Waals surface area contributed by atoms with Crippen molar-refractivity contribution in [2.45, 2.75) is 31.8 Å². The van der Waals surface area contributed by atoms with Crippen LogP contribution in [0.4, 0.5) is 5.69 Å². The number of rotatable bonds is 4. The Bertz CT molecular complexity index is 963. The number of carbonyl (C=O) groups excluding carboxylic acids is 1. The Kier molecular flexibility index (Phi) is 4.33. The van der Waals surface area contributed by atoms with E-state index in [1.807, 2.05) is 66.7 Å². The van der Waals surface area contributed by atoms with Crippen molar-refractivity contribution in [1.29, 1.82) is 0 Å². The summed E-state index contributed by atoms with van der Waals surface area (Å²) < 4.78 is 0. The van der Waals surface area contributed by atoms with Crippen LogP contribution in [-0.4, -0.2) is 5.91 Å². The van der Waals surface area contributed by atoms with Crippen LogP contribution in [-0.2, 0) is 16.9 Å². The molecular weight excluding hydrogens is 332 g/mol. The molecule has 3 aromatic carbocycles. The topological polar surface area (TPSA) is 46.3 Å². The molecule has 0 saturated carbocycles. The molecule has 0 bridgehead atoms. The summed E-state index contributed by atoms with van der Waals surface area (Å²) in [5.41, 5.74) is 10.6. The van der Waals surface area contributed by atoms with Crippen molar-refractivity contribution in [3.63, 3.8) is 0 Å². The predicted molar refractivity (Wildman–Crippen MR) is 110 cm³/mol. The van der Waals surface area contributed by atoms with Gasteiger partial charge in [-0.2, -0.15) is 0 Å². The molecule has 3 aromatic rings. The van der Waals surface area contributed by atoms with Crippen LogP contribution in [0.2, 0.25) is 0 Å². The van der Waals surface area contributed by atoms with Gasteiger partial charge in [0, 0.05) is 5.56 Å². The number of hydrogen-bond acceptors (Lipinski definition) is 2. The van der Waals surface area contributed by atoms with Crippen LogP contribution < -0.4 is 10.6 Å². The van der Waals surface area contributed by atoms with E-state index in [0.29, 0.717) is 12.5 Å². The molecule has 0 saturated heterocycles. The lowest BCUT2D eigenvalue weighted by Crippen LogP contribution is -2.47. The molecule has 1 aliphatic rings. The Morgan fingerprint density at radius 2 is 1.52 bits per heavy atom. The average Bonchev–Trinajstić information content (AvgIpc) is 2.92. The number of anilines is 1. The molecule has 1 atom stereocenters. The van der Waals surface area contributed by atoms with Gasteiger partial charge in [-0.25, -0.2) is 0 Å². The molecule has 4 rings (SSSR count). The third-order valence-electron chi connectivity index (χ3n) is 5.42. The van der Waals surface area contributed by atoms with Gasteiger partial charge in [0.25, 0.3) is 5.91 Å². The van der Waals surface area contributed by atoms with Crippen LogP contribution in [0.1, 0.15) is 42.0 Å². The second kappa shape index (κ2) is 6.67. The summed E-state index contributed by atoms with van der Waals surface area (Å²) in [5, 5.41) is 0. The van der Waals surface area contributed by atoms with Gasteiger partial charge in [-0.05, 0) is 28.7 Å². The zero-order chi connectivity index (χ0) is 19.0. The minimum atomic E-state index is -1.15. The lowest BCUT2D eigenvalue weighted by atomic mass is 9.84. The number of hydrogen-bond donors (Lipinski definition) is 1. The summed E-state index contributed by atoms with van der Waals surface area (Å²) in [6.45, 7) is 4.83. The van der Waals surface area contributed by atoms with E-state index in [1.54, 1.807) is 4.90 Å². The first-order chi connectivity index (χ1) is 13.0. The highest BCUT2D eigenvalue weighted by Crippen LogP contribution is 2.43. The molecule has 0 aromatic heterocycles. The number of benzene rings is 3. The van der Waals surface area contributed by atoms with Crippen LogP contribution in [0.3, 0.4) is 0 Å². The van der Waals surface area contributed by atoms with Crippen molar-refractivity contribution >= 4 is 11.6 Å². The smallest absolute Gasteiger partial charge is 0.256 e. The quantitative estimate of drug-likeness (QED) is 0.745. The van der Waals surface area contributed by atoms with Gasteiger partial charge < -0.3 is 10.6 Å². The van der Waals surface area contributed by atoms with Gasteiger partial charge in [0.15, 0.2) is 0 Å². The van der Waals surface area contributed by atoms with Crippen molar-refractivity contribution in [2.75, 3.05) is 4.90 Å². The summed E-state index contributed by atoms with van der Waals surface area (Å²) >= 11 is 0. The van der Waals surface area contributed by atoms with Crippen molar-refractivity contribution in [3.8, 4) is 0 Å². The first kappa shape index (κ1) is 17.5. The second-order valence-electron chi connectivity index (χ2n) is 7.48. The standard InChI is InChI=1S/C24H24N2O/c1-17(2)19-12-14-20(15-13-19)24(25)21-10-6-7-11-22(21)26(23(24)27)16-18-8-4-3-5-9-18/h3-15,17H,16,25H2,1-2H3/t24-/m0/s1. The summed E-state index contributed by atoms with van der Waals surface area (Å²) in [6, 6.07) is 26.0. The fraction of sp³-hybridized carbons (Fsp3) is 0.208. The van der Waals surface area contributed by atoms with E-state index in [9.17, 15) is 4.79 Å². The second-order valence-corrected chi connectivity index (χ2v) is 7.48. The molecular formula is C24H24N2O. The largest absolute Gasteiger partial charge is 0.310 e. The van der Waals surface area contributed by atoms with Crippen LogP contribution in [0.15, 0.2) is 78.9 Å². The molecule has 3 heteroatoms. The van der Waals surface area contributed by atoms with Crippen LogP contribution in [0.5, 0.6) is 0 Å². The van der Waals surface area contributed by atoms with Crippen molar-refractivity contribution in [3.05, 3.63) is 101 Å². The maximum Gasteiger partial charge on any atom is 0.256 e. The van der Waals surface area contributed by atoms with E-state index >= 15 is 0 Å². The van der Waals surface area contributed by atoms with Gasteiger partial charge in [0.2, 0.25) is 0 Å². The van der Waals surface area contributed by atoms with Crippen molar-refractivity contribution in [2.24, 2.45) is 5.73 Å². The van der Waals surface area contributed by atoms with E-state index in [-0.39, 0.29) is 5.91 Å². The van der Waals surface area contributed by atoms with Gasteiger partial charge in [-0.3, -0.25) is 4.79 Å². The highest BCUT2D eigenvalue weighted by Gasteiger charge is 2.49. The highest BCUT2D eigenvalue weighted by molar-refractivity contribution is 6.09. The molecule has 136 valence electrons. The Morgan fingerprint density at radius 1 is 0.889 bits per heavy atom. The number of fused-ring (bicyclic) bond motifs is 1. The van der Waals surface area contributed by atoms with Crippen molar-refractivity contribution in [1.82, 2.24) is 0 Å². The monoisotopic (exact) mass is 356 g/mol. The number of para-hydroxylation sites is 1. The highest BCUT2D eigenvalue weighted by atomic mass is 16.2. The number of nitrogens with two attached hydrogens (primary N) is 1. The zero-order valence-corrected chi connectivity index (χ0v) is 15.7. The summed E-state index contributed by atoms with van der Waals surface area (Å²) in [7, 11) is 0. The first-order valence-corrected chi connectivity index (χ1v) is 9.36. The van der Waals surface area contributed by atoms with Gasteiger partial charge in [0.1, 0.15) is 5.54 Å². The summed E-state index contributed by atoms with van der Waals surface area (Å²) in [5.74, 6) is 0.360. The molecule has 0 unspecified atom stereocenters. The van der Waals surface area contributed by atoms with Crippen molar-refractivity contribution < 1.29 is 4.79 Å². The van der Waals surface area contributed by atoms with Crippen LogP contribution in [0.25, 0.3) is 0 Å². The van der Waals surface area contributed by atoms with E-state index in [4.69, 9.17) is 5.73 Å². The molecule has 0 fully saturated rings. The van der Waals surface area contributed by atoms with E-state index in [0.717, 1.165) is 22.4 Å². The lowest BCUT2D eigenvalue weighted by Gasteiger charge is -2.25. The number of amides is 1. The molecule has 0 radical (unpaired) electrons. The third kappa shape index (κ3) is 2.84. The third-order valence-corrected chi connectivity index (χ3v) is 5.42. The first-order valence-electron chi connectivity index (χ1n) is 9.36. The maximum absolute atomic E-state index is 13.5. The summed E-state index contributed by atoms with van der Waals surface area (Å²) in [6.07, 6.45) is 0. The summed E-state index contributed by atoms with van der Waals surface area (Å²) in [4.78, 5) is 15.3. The molecule has 3 nitrogen and oxygen atoms in total. The average molecular weight is 356 g/mol. The normalized spacial score (nSPS) is 18.8. The van der Waals surface area contributed by atoms with Crippen LogP contribution in [0, 0.1) is 0 Å². The van der Waals surface area contributed by atoms with Crippen LogP contribution >= 0.6 is 0 Å². The molecule has 0 aliphatic carbocycles. The van der Waals surface area contributed by atoms with E-state index in [1.165, 1.54) is 5.56 Å². The molecule has 1 heterocycles. The SMILES string of the molecule is CC(C)c1ccc([C@@]2(N)C(=O)N(Cc3ccccc3)c3ccccc32)cc1. The van der Waals surface area contributed by atoms with Gasteiger partial charge in [0.05, 0.1) is 12.2 Å². The predicted octanol–water partition coefficient (Wildman–Crippen LogP) is 4.56. The van der Waals surface area contributed by atoms with E-state index < -0.39 is 5.54 Å². The molecule has 2 N–H and O–H groups in total.